The highest BCUT2D eigenvalue weighted by molar-refractivity contribution is 5.76. The topological polar surface area (TPSA) is 41.4 Å². The Hall–Kier alpha value is -1.36. The number of rotatable bonds is 3. The molecule has 2 fully saturated rings. The van der Waals surface area contributed by atoms with Gasteiger partial charge in [0, 0.05) is 51.5 Å². The zero-order chi connectivity index (χ0) is 12.5. The Morgan fingerprint density at radius 2 is 2.28 bits per heavy atom. The molecule has 0 saturated carbocycles. The van der Waals surface area contributed by atoms with Crippen LogP contribution in [0.2, 0.25) is 0 Å². The average Bonchev–Trinajstić information content (AvgIpc) is 2.81. The summed E-state index contributed by atoms with van der Waals surface area (Å²) in [7, 11) is 1.94. The van der Waals surface area contributed by atoms with Crippen LogP contribution < -0.4 is 0 Å². The van der Waals surface area contributed by atoms with Crippen LogP contribution in [-0.4, -0.2) is 58.2 Å². The molecule has 0 radical (unpaired) electrons. The van der Waals surface area contributed by atoms with Crippen LogP contribution in [0.5, 0.6) is 0 Å². The first kappa shape index (κ1) is 11.7. The second kappa shape index (κ2) is 4.72. The fourth-order valence-electron chi connectivity index (χ4n) is 2.93. The van der Waals surface area contributed by atoms with E-state index in [1.165, 1.54) is 0 Å². The maximum Gasteiger partial charge on any atom is 0.222 e. The van der Waals surface area contributed by atoms with Crippen molar-refractivity contribution in [3.8, 4) is 0 Å². The molecule has 5 heteroatoms. The molecule has 0 spiro atoms. The number of likely N-dealkylation sites (tertiary alicyclic amines) is 2. The lowest BCUT2D eigenvalue weighted by molar-refractivity contribution is -0.135. The van der Waals surface area contributed by atoms with Gasteiger partial charge < -0.3 is 4.90 Å². The second-order valence-corrected chi connectivity index (χ2v) is 5.41. The third kappa shape index (κ3) is 2.14. The molecule has 3 heterocycles. The lowest BCUT2D eigenvalue weighted by Crippen LogP contribution is -2.54. The highest BCUT2D eigenvalue weighted by Crippen LogP contribution is 2.24. The predicted molar refractivity (Wildman–Crippen MR) is 68.1 cm³/mol. The summed E-state index contributed by atoms with van der Waals surface area (Å²) in [5.41, 5.74) is 0. The van der Waals surface area contributed by atoms with Crippen LogP contribution in [0.3, 0.4) is 0 Å². The third-order valence-corrected chi connectivity index (χ3v) is 4.17. The van der Waals surface area contributed by atoms with Gasteiger partial charge in [-0.1, -0.05) is 0 Å². The Kier molecular flexibility index (Phi) is 3.07. The summed E-state index contributed by atoms with van der Waals surface area (Å²) in [5.74, 6) is 0.301. The number of aromatic nitrogens is 2. The number of likely N-dealkylation sites (N-methyl/N-ethyl adjacent to an activating group) is 1. The molecule has 1 amide bonds. The first-order valence-corrected chi connectivity index (χ1v) is 6.71. The number of hydrogen-bond acceptors (Lipinski definition) is 3. The standard InChI is InChI=1S/C13H20N4O/c1-15-11(4-2-5-13(15)18)8-16-9-12(10-16)17-7-3-6-14-17/h3,6-7,11-12H,2,4-5,8-10H2,1H3. The Labute approximate surface area is 107 Å². The highest BCUT2D eigenvalue weighted by Gasteiger charge is 2.33. The fraction of sp³-hybridized carbons (Fsp3) is 0.692. The predicted octanol–water partition coefficient (Wildman–Crippen LogP) is 0.751. The number of carbonyl (C=O) groups excluding carboxylic acids is 1. The average molecular weight is 248 g/mol. The van der Waals surface area contributed by atoms with Crippen LogP contribution in [0.4, 0.5) is 0 Å². The zero-order valence-corrected chi connectivity index (χ0v) is 10.8. The SMILES string of the molecule is CN1C(=O)CCCC1CN1CC(n2cccn2)C1. The molecule has 5 nitrogen and oxygen atoms in total. The first-order valence-electron chi connectivity index (χ1n) is 6.71. The number of nitrogens with zero attached hydrogens (tertiary/aromatic N) is 4. The number of hydrogen-bond donors (Lipinski definition) is 0. The fourth-order valence-corrected chi connectivity index (χ4v) is 2.93. The maximum atomic E-state index is 11.6. The van der Waals surface area contributed by atoms with Crippen molar-refractivity contribution in [1.29, 1.82) is 0 Å². The van der Waals surface area contributed by atoms with E-state index in [0.717, 1.165) is 38.9 Å². The molecular formula is C13H20N4O. The van der Waals surface area contributed by atoms with E-state index in [4.69, 9.17) is 0 Å². The van der Waals surface area contributed by atoms with Crippen molar-refractivity contribution < 1.29 is 4.79 Å². The lowest BCUT2D eigenvalue weighted by Gasteiger charge is -2.43. The minimum absolute atomic E-state index is 0.301. The van der Waals surface area contributed by atoms with Crippen molar-refractivity contribution in [3.63, 3.8) is 0 Å². The van der Waals surface area contributed by atoms with Gasteiger partial charge in [0.2, 0.25) is 5.91 Å². The highest BCUT2D eigenvalue weighted by atomic mass is 16.2. The maximum absolute atomic E-state index is 11.6. The van der Waals surface area contributed by atoms with Crippen molar-refractivity contribution in [2.24, 2.45) is 0 Å². The van der Waals surface area contributed by atoms with Crippen molar-refractivity contribution >= 4 is 5.91 Å². The summed E-state index contributed by atoms with van der Waals surface area (Å²) in [5, 5.41) is 4.27. The van der Waals surface area contributed by atoms with E-state index in [1.807, 2.05) is 35.1 Å². The van der Waals surface area contributed by atoms with Crippen LogP contribution in [0.15, 0.2) is 18.5 Å². The van der Waals surface area contributed by atoms with Gasteiger partial charge in [-0.15, -0.1) is 0 Å². The summed E-state index contributed by atoms with van der Waals surface area (Å²) < 4.78 is 2.03. The van der Waals surface area contributed by atoms with Gasteiger partial charge in [0.05, 0.1) is 6.04 Å². The van der Waals surface area contributed by atoms with E-state index in [2.05, 4.69) is 10.00 Å². The van der Waals surface area contributed by atoms with Gasteiger partial charge in [0.25, 0.3) is 0 Å². The van der Waals surface area contributed by atoms with E-state index >= 15 is 0 Å². The molecule has 1 atom stereocenters. The first-order chi connectivity index (χ1) is 8.74. The molecule has 1 unspecified atom stereocenters. The second-order valence-electron chi connectivity index (χ2n) is 5.41. The Balaban J connectivity index is 1.49. The van der Waals surface area contributed by atoms with Gasteiger partial charge in [-0.05, 0) is 18.9 Å². The number of piperidine rings is 1. The largest absolute Gasteiger partial charge is 0.341 e. The molecule has 98 valence electrons. The molecule has 2 aliphatic heterocycles. The molecule has 1 aromatic rings. The van der Waals surface area contributed by atoms with E-state index in [0.29, 0.717) is 18.0 Å². The van der Waals surface area contributed by atoms with E-state index in [9.17, 15) is 4.79 Å². The molecule has 0 bridgehead atoms. The van der Waals surface area contributed by atoms with E-state index < -0.39 is 0 Å². The summed E-state index contributed by atoms with van der Waals surface area (Å²) in [6, 6.07) is 2.89. The van der Waals surface area contributed by atoms with E-state index in [-0.39, 0.29) is 0 Å². The van der Waals surface area contributed by atoms with Crippen molar-refractivity contribution in [2.45, 2.75) is 31.3 Å². The molecule has 0 N–H and O–H groups in total. The third-order valence-electron chi connectivity index (χ3n) is 4.17. The monoisotopic (exact) mass is 248 g/mol. The minimum Gasteiger partial charge on any atom is -0.341 e. The number of amides is 1. The summed E-state index contributed by atoms with van der Waals surface area (Å²) in [6.07, 6.45) is 6.77. The van der Waals surface area contributed by atoms with Crippen molar-refractivity contribution in [1.82, 2.24) is 19.6 Å². The number of carbonyl (C=O) groups is 1. The Morgan fingerprint density at radius 3 is 3.00 bits per heavy atom. The van der Waals surface area contributed by atoms with Crippen LogP contribution in [0.25, 0.3) is 0 Å². The van der Waals surface area contributed by atoms with Gasteiger partial charge in [-0.3, -0.25) is 14.4 Å². The Morgan fingerprint density at radius 1 is 1.44 bits per heavy atom. The normalized spacial score (nSPS) is 26.4. The van der Waals surface area contributed by atoms with Crippen LogP contribution in [0, 0.1) is 0 Å². The molecule has 2 aliphatic rings. The van der Waals surface area contributed by atoms with Gasteiger partial charge in [-0.2, -0.15) is 5.10 Å². The minimum atomic E-state index is 0.301. The van der Waals surface area contributed by atoms with Gasteiger partial charge in [0.1, 0.15) is 0 Å². The summed E-state index contributed by atoms with van der Waals surface area (Å²) in [4.78, 5) is 16.0. The van der Waals surface area contributed by atoms with Gasteiger partial charge in [0.15, 0.2) is 0 Å². The summed E-state index contributed by atoms with van der Waals surface area (Å²) in [6.45, 7) is 3.13. The van der Waals surface area contributed by atoms with Crippen LogP contribution in [-0.2, 0) is 4.79 Å². The molecule has 0 aromatic carbocycles. The van der Waals surface area contributed by atoms with Crippen LogP contribution >= 0.6 is 0 Å². The van der Waals surface area contributed by atoms with Crippen LogP contribution in [0.1, 0.15) is 25.3 Å². The molecule has 18 heavy (non-hydrogen) atoms. The quantitative estimate of drug-likeness (QED) is 0.792. The molecule has 0 aliphatic carbocycles. The van der Waals surface area contributed by atoms with Gasteiger partial charge in [-0.25, -0.2) is 0 Å². The lowest BCUT2D eigenvalue weighted by atomic mass is 9.99. The smallest absolute Gasteiger partial charge is 0.222 e. The van der Waals surface area contributed by atoms with Crippen molar-refractivity contribution in [3.05, 3.63) is 18.5 Å². The summed E-state index contributed by atoms with van der Waals surface area (Å²) >= 11 is 0. The molecule has 1 aromatic heterocycles. The molecular weight excluding hydrogens is 228 g/mol. The Bertz CT molecular complexity index is 411. The zero-order valence-electron chi connectivity index (χ0n) is 10.8. The molecule has 3 rings (SSSR count). The molecule has 2 saturated heterocycles. The van der Waals surface area contributed by atoms with Crippen molar-refractivity contribution in [2.75, 3.05) is 26.7 Å². The van der Waals surface area contributed by atoms with Gasteiger partial charge >= 0.3 is 0 Å². The van der Waals surface area contributed by atoms with E-state index in [1.54, 1.807) is 0 Å².